The van der Waals surface area contributed by atoms with Gasteiger partial charge in [0, 0.05) is 13.6 Å². The van der Waals surface area contributed by atoms with Gasteiger partial charge in [-0.25, -0.2) is 14.4 Å². The SMILES string of the molecule is CCCCCCC(F)COc1ccc(-c2ncc(OCCCCCCCCCCC[Si](C)(C)C)cn2)cc1. The van der Waals surface area contributed by atoms with Gasteiger partial charge < -0.3 is 9.47 Å². The fourth-order valence-corrected chi connectivity index (χ4v) is 5.80. The zero-order chi connectivity index (χ0) is 27.5. The van der Waals surface area contributed by atoms with Crippen molar-refractivity contribution < 1.29 is 13.9 Å². The van der Waals surface area contributed by atoms with Crippen LogP contribution >= 0.6 is 0 Å². The predicted octanol–water partition coefficient (Wildman–Crippen LogP) is 10.1. The lowest BCUT2D eigenvalue weighted by Crippen LogP contribution is -2.18. The zero-order valence-electron chi connectivity index (χ0n) is 24.7. The average molecular weight is 545 g/mol. The smallest absolute Gasteiger partial charge is 0.159 e. The molecule has 4 nitrogen and oxygen atoms in total. The largest absolute Gasteiger partial charge is 0.491 e. The van der Waals surface area contributed by atoms with Crippen LogP contribution in [0, 0.1) is 0 Å². The molecule has 0 bridgehead atoms. The lowest BCUT2D eigenvalue weighted by molar-refractivity contribution is 0.184. The molecule has 0 saturated carbocycles. The average Bonchev–Trinajstić information content (AvgIpc) is 2.90. The van der Waals surface area contributed by atoms with Crippen molar-refractivity contribution in [3.8, 4) is 22.9 Å². The quantitative estimate of drug-likeness (QED) is 0.109. The standard InChI is InChI=1S/C32H53FN2O2Si/c1-5-6-7-15-18-29(33)27-37-30-21-19-28(20-22-30)32-34-25-31(26-35-32)36-23-16-13-11-9-8-10-12-14-17-24-38(2,3)4/h19-22,25-26,29H,5-18,23-24,27H2,1-4H3. The first-order chi connectivity index (χ1) is 18.4. The highest BCUT2D eigenvalue weighted by Gasteiger charge is 2.11. The molecule has 1 unspecified atom stereocenters. The summed E-state index contributed by atoms with van der Waals surface area (Å²) in [5.74, 6) is 2.02. The molecule has 2 rings (SSSR count). The summed E-state index contributed by atoms with van der Waals surface area (Å²) in [5, 5.41) is 0. The third kappa shape index (κ3) is 15.5. The van der Waals surface area contributed by atoms with Gasteiger partial charge in [0.1, 0.15) is 18.5 Å². The zero-order valence-corrected chi connectivity index (χ0v) is 25.7. The molecule has 0 radical (unpaired) electrons. The van der Waals surface area contributed by atoms with Crippen LogP contribution in [0.2, 0.25) is 25.7 Å². The van der Waals surface area contributed by atoms with Crippen LogP contribution in [-0.2, 0) is 0 Å². The van der Waals surface area contributed by atoms with Crippen molar-refractivity contribution in [1.29, 1.82) is 0 Å². The van der Waals surface area contributed by atoms with Gasteiger partial charge in [-0.1, -0.05) is 110 Å². The summed E-state index contributed by atoms with van der Waals surface area (Å²) in [6, 6.07) is 8.99. The van der Waals surface area contributed by atoms with Gasteiger partial charge in [-0.2, -0.15) is 0 Å². The van der Waals surface area contributed by atoms with Crippen molar-refractivity contribution in [3.63, 3.8) is 0 Å². The predicted molar refractivity (Wildman–Crippen MR) is 162 cm³/mol. The summed E-state index contributed by atoms with van der Waals surface area (Å²) in [4.78, 5) is 8.90. The van der Waals surface area contributed by atoms with Crippen LogP contribution < -0.4 is 9.47 Å². The van der Waals surface area contributed by atoms with Gasteiger partial charge in [-0.3, -0.25) is 0 Å². The molecule has 0 aliphatic heterocycles. The summed E-state index contributed by atoms with van der Waals surface area (Å²) in [6.45, 7) is 10.4. The van der Waals surface area contributed by atoms with Crippen LogP contribution in [0.5, 0.6) is 11.5 Å². The maximum Gasteiger partial charge on any atom is 0.159 e. The molecule has 0 spiro atoms. The number of unbranched alkanes of at least 4 members (excludes halogenated alkanes) is 11. The molecular formula is C32H53FN2O2Si. The van der Waals surface area contributed by atoms with Gasteiger partial charge in [0.2, 0.25) is 0 Å². The van der Waals surface area contributed by atoms with Gasteiger partial charge in [-0.05, 0) is 37.1 Å². The number of halogens is 1. The van der Waals surface area contributed by atoms with Crippen LogP contribution in [0.3, 0.4) is 0 Å². The van der Waals surface area contributed by atoms with Gasteiger partial charge >= 0.3 is 0 Å². The van der Waals surface area contributed by atoms with Crippen LogP contribution in [0.1, 0.15) is 96.8 Å². The summed E-state index contributed by atoms with van der Waals surface area (Å²) in [7, 11) is -0.840. The van der Waals surface area contributed by atoms with E-state index < -0.39 is 14.2 Å². The van der Waals surface area contributed by atoms with Crippen molar-refractivity contribution in [2.45, 2.75) is 129 Å². The fraction of sp³-hybridized carbons (Fsp3) is 0.688. The summed E-state index contributed by atoms with van der Waals surface area (Å²) < 4.78 is 25.4. The summed E-state index contributed by atoms with van der Waals surface area (Å²) >= 11 is 0. The first kappa shape index (κ1) is 32.3. The molecule has 214 valence electrons. The van der Waals surface area contributed by atoms with E-state index in [9.17, 15) is 4.39 Å². The fourth-order valence-electron chi connectivity index (χ4n) is 4.49. The normalized spacial score (nSPS) is 12.4. The van der Waals surface area contributed by atoms with Gasteiger partial charge in [0.25, 0.3) is 0 Å². The topological polar surface area (TPSA) is 44.2 Å². The Balaban J connectivity index is 1.54. The Morgan fingerprint density at radius 1 is 0.711 bits per heavy atom. The third-order valence-electron chi connectivity index (χ3n) is 6.88. The Hall–Kier alpha value is -1.95. The monoisotopic (exact) mass is 544 g/mol. The molecule has 0 amide bonds. The summed E-state index contributed by atoms with van der Waals surface area (Å²) in [5.41, 5.74) is 0.899. The van der Waals surface area contributed by atoms with E-state index in [1.165, 1.54) is 70.3 Å². The minimum Gasteiger partial charge on any atom is -0.491 e. The van der Waals surface area contributed by atoms with Gasteiger partial charge in [0.05, 0.1) is 19.0 Å². The van der Waals surface area contributed by atoms with Crippen molar-refractivity contribution in [2.75, 3.05) is 13.2 Å². The van der Waals surface area contributed by atoms with Crippen molar-refractivity contribution in [1.82, 2.24) is 9.97 Å². The van der Waals surface area contributed by atoms with Crippen molar-refractivity contribution in [2.24, 2.45) is 0 Å². The molecule has 0 saturated heterocycles. The second kappa shape index (κ2) is 19.2. The molecule has 2 aromatic rings. The Kier molecular flexibility index (Phi) is 16.3. The van der Waals surface area contributed by atoms with E-state index in [2.05, 4.69) is 36.5 Å². The Labute approximate surface area is 233 Å². The van der Waals surface area contributed by atoms with Crippen LogP contribution in [0.15, 0.2) is 36.7 Å². The molecule has 0 fully saturated rings. The lowest BCUT2D eigenvalue weighted by atomic mass is 10.1. The maximum atomic E-state index is 14.0. The van der Waals surface area contributed by atoms with Crippen LogP contribution in [0.4, 0.5) is 4.39 Å². The highest BCUT2D eigenvalue weighted by atomic mass is 28.3. The molecular weight excluding hydrogens is 491 g/mol. The third-order valence-corrected chi connectivity index (χ3v) is 8.74. The summed E-state index contributed by atoms with van der Waals surface area (Å²) in [6.07, 6.45) is 19.4. The molecule has 1 atom stereocenters. The lowest BCUT2D eigenvalue weighted by Gasteiger charge is -2.14. The number of aromatic nitrogens is 2. The minimum absolute atomic E-state index is 0.104. The molecule has 0 N–H and O–H groups in total. The number of alkyl halides is 1. The molecule has 1 heterocycles. The van der Waals surface area contributed by atoms with Crippen LogP contribution in [-0.4, -0.2) is 37.4 Å². The van der Waals surface area contributed by atoms with Crippen molar-refractivity contribution >= 4 is 8.07 Å². The van der Waals surface area contributed by atoms with Crippen molar-refractivity contribution in [3.05, 3.63) is 36.7 Å². The van der Waals surface area contributed by atoms with Crippen LogP contribution in [0.25, 0.3) is 11.4 Å². The first-order valence-corrected chi connectivity index (χ1v) is 18.9. The second-order valence-electron chi connectivity index (χ2n) is 11.9. The first-order valence-electron chi connectivity index (χ1n) is 15.2. The molecule has 1 aromatic heterocycles. The molecule has 6 heteroatoms. The number of ether oxygens (including phenoxy) is 2. The Morgan fingerprint density at radius 3 is 1.89 bits per heavy atom. The van der Waals surface area contributed by atoms with E-state index in [1.54, 1.807) is 12.4 Å². The van der Waals surface area contributed by atoms with E-state index in [0.717, 1.165) is 24.8 Å². The number of benzene rings is 1. The van der Waals surface area contributed by atoms with Gasteiger partial charge in [-0.15, -0.1) is 0 Å². The highest BCUT2D eigenvalue weighted by molar-refractivity contribution is 6.76. The van der Waals surface area contributed by atoms with E-state index in [4.69, 9.17) is 9.47 Å². The number of nitrogens with zero attached hydrogens (tertiary/aromatic N) is 2. The number of rotatable bonds is 22. The number of hydrogen-bond donors (Lipinski definition) is 0. The number of hydrogen-bond acceptors (Lipinski definition) is 4. The highest BCUT2D eigenvalue weighted by Crippen LogP contribution is 2.21. The van der Waals surface area contributed by atoms with E-state index in [1.807, 2.05) is 24.3 Å². The van der Waals surface area contributed by atoms with E-state index in [0.29, 0.717) is 30.4 Å². The molecule has 0 aliphatic rings. The minimum atomic E-state index is -0.915. The van der Waals surface area contributed by atoms with E-state index >= 15 is 0 Å². The molecule has 0 aliphatic carbocycles. The second-order valence-corrected chi connectivity index (χ2v) is 17.5. The molecule has 38 heavy (non-hydrogen) atoms. The Bertz CT molecular complexity index is 840. The van der Waals surface area contributed by atoms with Gasteiger partial charge in [0.15, 0.2) is 11.6 Å². The Morgan fingerprint density at radius 2 is 1.29 bits per heavy atom. The van der Waals surface area contributed by atoms with E-state index in [-0.39, 0.29) is 6.61 Å². The molecule has 1 aromatic carbocycles. The maximum absolute atomic E-state index is 14.0.